The first-order valence-electron chi connectivity index (χ1n) is 27.7. The third-order valence-corrected chi connectivity index (χ3v) is 16.6. The number of halogens is 2. The number of sulfone groups is 1. The molecule has 6 N–H and O–H groups in total. The zero-order valence-electron chi connectivity index (χ0n) is 47.6. The quantitative estimate of drug-likeness (QED) is 0.0480. The number of amides is 4. The van der Waals surface area contributed by atoms with Crippen LogP contribution in [0.1, 0.15) is 72.8 Å². The number of ether oxygens (including phenoxy) is 4. The molecule has 2 aromatic carbocycles. The molecule has 0 unspecified atom stereocenters. The van der Waals surface area contributed by atoms with Crippen LogP contribution in [0.15, 0.2) is 65.3 Å². The molecule has 9 rings (SSSR count). The van der Waals surface area contributed by atoms with Crippen molar-refractivity contribution in [3.8, 4) is 27.3 Å². The molecule has 0 spiro atoms. The molecule has 84 heavy (non-hydrogen) atoms. The van der Waals surface area contributed by atoms with Crippen LogP contribution >= 0.6 is 11.3 Å². The standard InChI is InChI=1S/C58H70F2N10O12S2/c1-33-51(83-32-66-33)34-7-8-35(47(20-34)82-40-9-11-61-12-10-40)24-65-55(74)46-22-39(71)28-70(46)57(76)52(58(2,3)4)67-48(72)30-81-18-17-80-16-15-79-14-13-62-54(73)41-23-45-42(19-36(41)31-84(6,77)78)43-29-68(5)56(75)50-49(43)37(25-63-50)27-69(45)53-44(60)21-38(59)26-64-53/h7-8,19-21,23,25-26,29,32,39-40,46,52,61,63,71H,9-18,22,24,27-28,30-31H2,1-6H3,(H,62,73)(H,65,74)(H,67,72)/t39-,46+,52-/m1/s1. The Labute approximate surface area is 488 Å². The van der Waals surface area contributed by atoms with Gasteiger partial charge < -0.3 is 64.7 Å². The Hall–Kier alpha value is -7.20. The van der Waals surface area contributed by atoms with Crippen molar-refractivity contribution in [1.82, 2.24) is 45.7 Å². The summed E-state index contributed by atoms with van der Waals surface area (Å²) in [6, 6.07) is 7.47. The normalized spacial score (nSPS) is 16.8. The number of aromatic amines is 1. The Bertz CT molecular complexity index is 3600. The van der Waals surface area contributed by atoms with Crippen molar-refractivity contribution in [2.75, 3.05) is 77.0 Å². The Balaban J connectivity index is 0.739. The van der Waals surface area contributed by atoms with Gasteiger partial charge in [0.15, 0.2) is 21.5 Å². The van der Waals surface area contributed by atoms with Gasteiger partial charge in [0.25, 0.3) is 11.5 Å². The van der Waals surface area contributed by atoms with Crippen LogP contribution in [-0.4, -0.2) is 158 Å². The van der Waals surface area contributed by atoms with Crippen molar-refractivity contribution in [2.24, 2.45) is 12.5 Å². The summed E-state index contributed by atoms with van der Waals surface area (Å²) in [5.41, 5.74) is 5.42. The number of aryl methyl sites for hydroxylation is 2. The van der Waals surface area contributed by atoms with Crippen LogP contribution in [0, 0.1) is 24.0 Å². The fourth-order valence-electron chi connectivity index (χ4n) is 10.7. The number of carbonyl (C=O) groups excluding carboxylic acids is 4. The number of H-pyrrole nitrogens is 1. The molecule has 7 heterocycles. The number of fused-ring (bicyclic) bond motifs is 2. The summed E-state index contributed by atoms with van der Waals surface area (Å²) in [7, 11) is -2.17. The monoisotopic (exact) mass is 1200 g/mol. The van der Waals surface area contributed by atoms with Crippen molar-refractivity contribution in [1.29, 1.82) is 0 Å². The largest absolute Gasteiger partial charge is 0.490 e. The van der Waals surface area contributed by atoms with E-state index >= 15 is 4.39 Å². The molecule has 450 valence electrons. The van der Waals surface area contributed by atoms with Gasteiger partial charge in [0, 0.05) is 85.5 Å². The summed E-state index contributed by atoms with van der Waals surface area (Å²) >= 11 is 1.54. The van der Waals surface area contributed by atoms with Gasteiger partial charge in [-0.05, 0) is 73.2 Å². The van der Waals surface area contributed by atoms with Crippen LogP contribution < -0.4 is 36.5 Å². The maximum Gasteiger partial charge on any atom is 0.274 e. The first kappa shape index (κ1) is 61.4. The van der Waals surface area contributed by atoms with Gasteiger partial charge in [-0.15, -0.1) is 11.3 Å². The number of nitrogens with one attached hydrogen (secondary N) is 5. The van der Waals surface area contributed by atoms with Crippen molar-refractivity contribution in [3.63, 3.8) is 0 Å². The number of piperidine rings is 1. The highest BCUT2D eigenvalue weighted by Gasteiger charge is 2.45. The van der Waals surface area contributed by atoms with Crippen molar-refractivity contribution < 1.29 is 60.4 Å². The number of hydrogen-bond donors (Lipinski definition) is 6. The first-order chi connectivity index (χ1) is 40.0. The zero-order valence-corrected chi connectivity index (χ0v) is 49.3. The maximum atomic E-state index is 15.6. The molecule has 0 radical (unpaired) electrons. The van der Waals surface area contributed by atoms with Crippen LogP contribution in [0.25, 0.3) is 32.5 Å². The predicted molar refractivity (Wildman–Crippen MR) is 310 cm³/mol. The highest BCUT2D eigenvalue weighted by molar-refractivity contribution is 7.89. The SMILES string of the molecule is Cc1ncsc1-c1ccc(CNC(=O)[C@@H]2C[C@@H](O)CN2C(=O)[C@@H](NC(=O)COCCOCCOCCNC(=O)c2cc3c(cc2CS(C)(=O)=O)-c2cn(C)c(=O)c4[nH]cc(c24)CN3c2ncc(F)cc2F)C(C)(C)C)c(OC2CCNCC2)c1. The van der Waals surface area contributed by atoms with Gasteiger partial charge in [-0.25, -0.2) is 27.2 Å². The molecule has 2 fully saturated rings. The molecule has 3 atom stereocenters. The smallest absolute Gasteiger partial charge is 0.274 e. The average Bonchev–Trinajstić information content (AvgIpc) is 4.33. The van der Waals surface area contributed by atoms with Crippen molar-refractivity contribution >= 4 is 67.2 Å². The lowest BCUT2D eigenvalue weighted by molar-refractivity contribution is -0.144. The zero-order chi connectivity index (χ0) is 60.0. The highest BCUT2D eigenvalue weighted by Crippen LogP contribution is 2.45. The fourth-order valence-corrected chi connectivity index (χ4v) is 12.3. The minimum absolute atomic E-state index is 0.000917. The van der Waals surface area contributed by atoms with Gasteiger partial charge in [0.2, 0.25) is 17.7 Å². The van der Waals surface area contributed by atoms with Crippen molar-refractivity contribution in [2.45, 2.75) is 90.1 Å². The lowest BCUT2D eigenvalue weighted by Gasteiger charge is -2.35. The van der Waals surface area contributed by atoms with Gasteiger partial charge in [-0.1, -0.05) is 32.9 Å². The number of thiazole rings is 1. The minimum atomic E-state index is -3.72. The van der Waals surface area contributed by atoms with E-state index in [0.29, 0.717) is 33.9 Å². The highest BCUT2D eigenvalue weighted by atomic mass is 32.2. The molecule has 3 aliphatic rings. The predicted octanol–water partition coefficient (Wildman–Crippen LogP) is 4.55. The van der Waals surface area contributed by atoms with E-state index < -0.39 is 81.1 Å². The van der Waals surface area contributed by atoms with Gasteiger partial charge >= 0.3 is 0 Å². The third kappa shape index (κ3) is 14.5. The Morgan fingerprint density at radius 2 is 1.69 bits per heavy atom. The Morgan fingerprint density at radius 1 is 0.952 bits per heavy atom. The number of aliphatic hydroxyl groups excluding tert-OH is 1. The lowest BCUT2D eigenvalue weighted by Crippen LogP contribution is -2.58. The van der Waals surface area contributed by atoms with Gasteiger partial charge in [0.05, 0.1) is 79.4 Å². The number of carbonyl (C=O) groups is 4. The second kappa shape index (κ2) is 26.4. The van der Waals surface area contributed by atoms with E-state index in [2.05, 4.69) is 36.2 Å². The number of rotatable bonds is 23. The van der Waals surface area contributed by atoms with Crippen molar-refractivity contribution in [3.05, 3.63) is 110 Å². The van der Waals surface area contributed by atoms with Gasteiger partial charge in [-0.3, -0.25) is 24.0 Å². The average molecular weight is 1200 g/mol. The van der Waals surface area contributed by atoms with E-state index in [1.165, 1.54) is 37.8 Å². The van der Waals surface area contributed by atoms with Crippen LogP contribution in [0.5, 0.6) is 5.75 Å². The molecule has 22 nitrogen and oxygen atoms in total. The molecule has 4 amide bonds. The van der Waals surface area contributed by atoms with Crippen LogP contribution in [-0.2, 0) is 64.3 Å². The number of pyridine rings is 2. The summed E-state index contributed by atoms with van der Waals surface area (Å²) in [4.78, 5) is 83.8. The summed E-state index contributed by atoms with van der Waals surface area (Å²) in [5, 5.41) is 23.2. The number of anilines is 2. The topological polar surface area (TPSA) is 278 Å². The van der Waals surface area contributed by atoms with E-state index in [9.17, 15) is 41.9 Å². The number of aromatic nitrogens is 4. The second-order valence-corrected chi connectivity index (χ2v) is 25.3. The molecule has 0 saturated carbocycles. The molecular formula is C58H70F2N10O12S2. The molecule has 0 aliphatic carbocycles. The number of hydrogen-bond acceptors (Lipinski definition) is 17. The molecule has 6 aromatic rings. The number of nitrogens with zero attached hydrogens (tertiary/aromatic N) is 5. The Morgan fingerprint density at radius 3 is 2.39 bits per heavy atom. The summed E-state index contributed by atoms with van der Waals surface area (Å²) in [5.74, 6) is -4.21. The second-order valence-electron chi connectivity index (χ2n) is 22.3. The van der Waals surface area contributed by atoms with E-state index in [0.717, 1.165) is 60.1 Å². The van der Waals surface area contributed by atoms with Crippen LogP contribution in [0.4, 0.5) is 20.3 Å². The van der Waals surface area contributed by atoms with Crippen LogP contribution in [0.2, 0.25) is 0 Å². The number of benzene rings is 2. The third-order valence-electron chi connectivity index (χ3n) is 14.8. The van der Waals surface area contributed by atoms with Gasteiger partial charge in [-0.2, -0.15) is 0 Å². The van der Waals surface area contributed by atoms with E-state index in [1.54, 1.807) is 45.7 Å². The molecular weight excluding hydrogens is 1130 g/mol. The molecule has 4 aromatic heterocycles. The molecule has 3 aliphatic heterocycles. The Kier molecular flexibility index (Phi) is 19.3. The summed E-state index contributed by atoms with van der Waals surface area (Å²) in [6.07, 6.45) is 5.82. The van der Waals surface area contributed by atoms with E-state index in [4.69, 9.17) is 18.9 Å². The maximum absolute atomic E-state index is 15.6. The van der Waals surface area contributed by atoms with Crippen LogP contribution in [0.3, 0.4) is 0 Å². The van der Waals surface area contributed by atoms with E-state index in [1.807, 2.05) is 25.1 Å². The molecule has 2 saturated heterocycles. The number of likely N-dealkylation sites (tertiary alicyclic amines) is 1. The fraction of sp³-hybridized carbons (Fsp3) is 0.466. The van der Waals surface area contributed by atoms with E-state index in [-0.39, 0.29) is 105 Å². The minimum Gasteiger partial charge on any atom is -0.490 e. The lowest BCUT2D eigenvalue weighted by atomic mass is 9.85. The first-order valence-corrected chi connectivity index (χ1v) is 30.6. The molecule has 26 heteroatoms. The number of β-amino-alcohol motifs (C(OH)–C–C–N with tert-alkyl or cyclic N) is 1. The summed E-state index contributed by atoms with van der Waals surface area (Å²) in [6.45, 7) is 8.96. The summed E-state index contributed by atoms with van der Waals surface area (Å²) < 4.78 is 80.0. The number of aliphatic hydroxyl groups is 1. The molecule has 0 bridgehead atoms. The van der Waals surface area contributed by atoms with Gasteiger partial charge in [0.1, 0.15) is 41.9 Å².